The number of hydrogen-bond acceptors (Lipinski definition) is 4. The number of hydrogen-bond donors (Lipinski definition) is 0. The van der Waals surface area contributed by atoms with Crippen LogP contribution in [0.1, 0.15) is 43.4 Å². The van der Waals surface area contributed by atoms with Crippen molar-refractivity contribution in [1.29, 1.82) is 0 Å². The second kappa shape index (κ2) is 6.85. The van der Waals surface area contributed by atoms with Gasteiger partial charge in [0.1, 0.15) is 12.5 Å². The zero-order valence-corrected chi connectivity index (χ0v) is 21.1. The predicted molar refractivity (Wildman–Crippen MR) is 152 cm³/mol. The predicted octanol–water partition coefficient (Wildman–Crippen LogP) is 5.79. The molecule has 0 N–H and O–H groups in total. The van der Waals surface area contributed by atoms with Crippen molar-refractivity contribution in [2.75, 3.05) is 0 Å². The number of fused-ring (bicyclic) bond motifs is 5. The molecule has 0 saturated carbocycles. The Bertz CT molecular complexity index is 2650. The molecular weight excluding hydrogens is 496 g/mol. The van der Waals surface area contributed by atoms with Gasteiger partial charge in [0, 0.05) is 32.3 Å². The largest absolute Gasteiger partial charge is 0.457 e. The first-order valence-electron chi connectivity index (χ1n) is 13.5. The van der Waals surface area contributed by atoms with Crippen LogP contribution in [0.5, 0.6) is 0 Å². The van der Waals surface area contributed by atoms with Crippen LogP contribution in [0.25, 0.3) is 44.5 Å². The van der Waals surface area contributed by atoms with E-state index in [-0.39, 0.29) is 23.1 Å². The normalized spacial score (nSPS) is 14.8. The van der Waals surface area contributed by atoms with Crippen LogP contribution < -0.4 is 10.4 Å². The van der Waals surface area contributed by atoms with Gasteiger partial charge in [-0.15, -0.1) is 0 Å². The van der Waals surface area contributed by atoms with Crippen molar-refractivity contribution < 1.29 is 18.4 Å². The van der Waals surface area contributed by atoms with E-state index in [1.54, 1.807) is 0 Å². The van der Waals surface area contributed by atoms with Gasteiger partial charge in [0.25, 0.3) is 0 Å². The molecule has 4 heteroatoms. The molecule has 1 heterocycles. The maximum atomic E-state index is 14.4. The molecule has 0 radical (unpaired) electrons. The zero-order valence-electron chi connectivity index (χ0n) is 21.1. The van der Waals surface area contributed by atoms with Crippen LogP contribution in [0.3, 0.4) is 0 Å². The fourth-order valence-electron chi connectivity index (χ4n) is 7.68. The maximum Gasteiger partial charge on any atom is 0.230 e. The maximum absolute atomic E-state index is 14.4. The van der Waals surface area contributed by atoms with Gasteiger partial charge in [0.2, 0.25) is 11.6 Å². The van der Waals surface area contributed by atoms with Gasteiger partial charge in [-0.05, 0) is 78.5 Å². The molecule has 6 aromatic rings. The Labute approximate surface area is 225 Å². The first-order valence-corrected chi connectivity index (χ1v) is 13.5. The van der Waals surface area contributed by atoms with E-state index in [1.165, 1.54) is 23.7 Å². The first kappa shape index (κ1) is 20.7. The number of carbonyl (C=O) groups is 2. The Morgan fingerprint density at radius 2 is 1.23 bits per heavy atom. The lowest BCUT2D eigenvalue weighted by atomic mass is 9.77. The molecule has 186 valence electrons. The summed E-state index contributed by atoms with van der Waals surface area (Å²) in [5, 5.41) is 11.5. The molecule has 0 bridgehead atoms. The Kier molecular flexibility index (Phi) is 3.55. The van der Waals surface area contributed by atoms with Gasteiger partial charge in [-0.1, -0.05) is 60.7 Å². The Hall–Kier alpha value is -5.22. The van der Waals surface area contributed by atoms with Crippen LogP contribution in [-0.2, 0) is 12.8 Å². The molecule has 0 unspecified atom stereocenters. The summed E-state index contributed by atoms with van der Waals surface area (Å²) in [5.41, 5.74) is 3.72. The van der Waals surface area contributed by atoms with Gasteiger partial charge < -0.3 is 8.83 Å². The third-order valence-electron chi connectivity index (χ3n) is 9.19. The monoisotopic (exact) mass is 514 g/mol. The van der Waals surface area contributed by atoms with E-state index in [9.17, 15) is 9.59 Å². The highest BCUT2D eigenvalue weighted by molar-refractivity contribution is 6.25. The first-order chi connectivity index (χ1) is 19.7. The summed E-state index contributed by atoms with van der Waals surface area (Å²) in [6, 6.07) is 20.4. The quantitative estimate of drug-likeness (QED) is 0.257. The SMILES string of the molecule is O=C1c2c3c(cc4ccccc24)=CCc2c4c5c6c(occoc1c6c2=3)C(=O)c1cc2ccccc2c(c1=5)=CC4. The summed E-state index contributed by atoms with van der Waals surface area (Å²) >= 11 is 0. The highest BCUT2D eigenvalue weighted by Gasteiger charge is 2.34. The minimum absolute atomic E-state index is 0.164. The van der Waals surface area contributed by atoms with Gasteiger partial charge >= 0.3 is 0 Å². The van der Waals surface area contributed by atoms with E-state index >= 15 is 0 Å². The summed E-state index contributed by atoms with van der Waals surface area (Å²) in [5.74, 6) is 0.186. The van der Waals surface area contributed by atoms with Crippen LogP contribution in [0.4, 0.5) is 0 Å². The minimum Gasteiger partial charge on any atom is -0.457 e. The third-order valence-corrected chi connectivity index (χ3v) is 9.19. The highest BCUT2D eigenvalue weighted by Crippen LogP contribution is 2.40. The molecule has 4 aliphatic rings. The van der Waals surface area contributed by atoms with E-state index in [1.807, 2.05) is 36.4 Å². The van der Waals surface area contributed by atoms with Crippen LogP contribution in [0.2, 0.25) is 0 Å². The van der Waals surface area contributed by atoms with Crippen molar-refractivity contribution in [3.63, 3.8) is 0 Å². The number of ketones is 2. The molecule has 40 heavy (non-hydrogen) atoms. The van der Waals surface area contributed by atoms with Crippen LogP contribution in [0, 0.1) is 20.9 Å². The van der Waals surface area contributed by atoms with Gasteiger partial charge in [0.15, 0.2) is 11.5 Å². The van der Waals surface area contributed by atoms with Crippen molar-refractivity contribution in [3.05, 3.63) is 138 Å². The highest BCUT2D eigenvalue weighted by atomic mass is 16.4. The summed E-state index contributed by atoms with van der Waals surface area (Å²) in [6.45, 7) is 0. The summed E-state index contributed by atoms with van der Waals surface area (Å²) in [7, 11) is 0. The molecule has 0 aliphatic heterocycles. The van der Waals surface area contributed by atoms with Crippen LogP contribution >= 0.6 is 0 Å². The standard InChI is InChI=1S/C36H18O4/c37-33-25-16-18-6-1-3-7-20(18)22-11-12-24-23-10-9-19-15-17-5-2-4-8-21(17)30-26(19)28(23)31-32(29(24)27(22)25)35(33)39-13-14-40-36(31)34(30)38/h1-9,11,13-16H,10,12H2. The third kappa shape index (κ3) is 2.23. The molecule has 4 aliphatic carbocycles. The molecule has 0 amide bonds. The molecule has 10 rings (SSSR count). The van der Waals surface area contributed by atoms with E-state index in [4.69, 9.17) is 8.83 Å². The molecule has 5 aromatic carbocycles. The van der Waals surface area contributed by atoms with E-state index in [0.717, 1.165) is 65.7 Å². The summed E-state index contributed by atoms with van der Waals surface area (Å²) in [4.78, 5) is 28.6. The van der Waals surface area contributed by atoms with Crippen LogP contribution in [0.15, 0.2) is 82.0 Å². The second-order valence-corrected chi connectivity index (χ2v) is 11.0. The van der Waals surface area contributed by atoms with E-state index in [0.29, 0.717) is 21.9 Å². The molecule has 4 nitrogen and oxygen atoms in total. The summed E-state index contributed by atoms with van der Waals surface area (Å²) in [6.07, 6.45) is 8.75. The lowest BCUT2D eigenvalue weighted by Crippen LogP contribution is -2.25. The van der Waals surface area contributed by atoms with Gasteiger partial charge in [0.05, 0.1) is 0 Å². The van der Waals surface area contributed by atoms with Gasteiger partial charge in [-0.2, -0.15) is 0 Å². The minimum atomic E-state index is -0.169. The van der Waals surface area contributed by atoms with Crippen molar-refractivity contribution in [1.82, 2.24) is 0 Å². The molecular formula is C36H18O4. The number of carbonyl (C=O) groups excluding carboxylic acids is 2. The van der Waals surface area contributed by atoms with Crippen molar-refractivity contribution in [2.45, 2.75) is 12.8 Å². The van der Waals surface area contributed by atoms with E-state index in [2.05, 4.69) is 36.4 Å². The van der Waals surface area contributed by atoms with Gasteiger partial charge in [-0.25, -0.2) is 0 Å². The average molecular weight is 515 g/mol. The zero-order chi connectivity index (χ0) is 26.3. The molecule has 0 spiro atoms. The Morgan fingerprint density at radius 1 is 0.600 bits per heavy atom. The molecule has 0 saturated heterocycles. The lowest BCUT2D eigenvalue weighted by molar-refractivity contribution is 0.0996. The number of rotatable bonds is 0. The molecule has 0 fully saturated rings. The Morgan fingerprint density at radius 3 is 2.00 bits per heavy atom. The Balaban J connectivity index is 1.65. The average Bonchev–Trinajstić information content (AvgIpc) is 2.97. The van der Waals surface area contributed by atoms with Crippen molar-refractivity contribution in [2.24, 2.45) is 0 Å². The molecule has 0 atom stereocenters. The smallest absolute Gasteiger partial charge is 0.230 e. The fraction of sp³-hybridized carbons (Fsp3) is 0.0556. The molecule has 1 aromatic heterocycles. The lowest BCUT2D eigenvalue weighted by Gasteiger charge is -2.25. The van der Waals surface area contributed by atoms with Crippen molar-refractivity contribution >= 4 is 56.0 Å². The van der Waals surface area contributed by atoms with Crippen LogP contribution in [-0.4, -0.2) is 11.6 Å². The summed E-state index contributed by atoms with van der Waals surface area (Å²) < 4.78 is 12.2. The second-order valence-electron chi connectivity index (χ2n) is 11.0. The number of benzene rings is 5. The fourth-order valence-corrected chi connectivity index (χ4v) is 7.68. The van der Waals surface area contributed by atoms with E-state index < -0.39 is 0 Å². The van der Waals surface area contributed by atoms with Crippen molar-refractivity contribution in [3.8, 4) is 0 Å². The van der Waals surface area contributed by atoms with Gasteiger partial charge in [-0.3, -0.25) is 9.59 Å². The topological polar surface area (TPSA) is 60.4 Å².